The smallest absolute Gasteiger partial charge is 0.322 e. The van der Waals surface area contributed by atoms with Gasteiger partial charge in [-0.15, -0.1) is 0 Å². The summed E-state index contributed by atoms with van der Waals surface area (Å²) in [6, 6.07) is 21.0. The second kappa shape index (κ2) is 12.0. The fraction of sp³-hybridized carbons (Fsp3) is 0.300. The number of nitrogen functional groups attached to an aromatic ring is 1. The monoisotopic (exact) mass is 503 g/mol. The molecule has 0 radical (unpaired) electrons. The molecular weight excluding hydrogens is 470 g/mol. The maximum absolute atomic E-state index is 13.4. The molecule has 6 heteroatoms. The van der Waals surface area contributed by atoms with E-state index in [1.54, 1.807) is 12.1 Å². The highest BCUT2D eigenvalue weighted by molar-refractivity contribution is 6.30. The van der Waals surface area contributed by atoms with Crippen molar-refractivity contribution in [1.29, 1.82) is 0 Å². The van der Waals surface area contributed by atoms with Crippen LogP contribution in [0.2, 0.25) is 5.02 Å². The van der Waals surface area contributed by atoms with E-state index in [1.165, 1.54) is 19.3 Å². The molecule has 3 N–H and O–H groups in total. The van der Waals surface area contributed by atoms with Crippen LogP contribution in [0.3, 0.4) is 0 Å². The van der Waals surface area contributed by atoms with Crippen LogP contribution in [0.25, 0.3) is 22.1 Å². The lowest BCUT2D eigenvalue weighted by Crippen LogP contribution is -2.35. The van der Waals surface area contributed by atoms with Crippen LogP contribution in [0.15, 0.2) is 71.1 Å². The minimum atomic E-state index is -0.158. The molecule has 0 saturated heterocycles. The number of hydrogen-bond acceptors (Lipinski definition) is 3. The average molecular weight is 504 g/mol. The number of hydrogen-bond donors (Lipinski definition) is 2. The third-order valence-electron chi connectivity index (χ3n) is 6.36. The molecule has 0 saturated carbocycles. The van der Waals surface area contributed by atoms with E-state index in [0.717, 1.165) is 46.3 Å². The van der Waals surface area contributed by atoms with Crippen molar-refractivity contribution in [2.75, 3.05) is 17.6 Å². The molecule has 36 heavy (non-hydrogen) atoms. The van der Waals surface area contributed by atoms with Crippen LogP contribution in [0.4, 0.5) is 16.2 Å². The number of rotatable bonds is 10. The van der Waals surface area contributed by atoms with Crippen LogP contribution in [0.5, 0.6) is 0 Å². The van der Waals surface area contributed by atoms with Crippen LogP contribution in [-0.4, -0.2) is 17.5 Å². The summed E-state index contributed by atoms with van der Waals surface area (Å²) in [5.41, 5.74) is 11.2. The van der Waals surface area contributed by atoms with E-state index in [1.807, 2.05) is 53.4 Å². The summed E-state index contributed by atoms with van der Waals surface area (Å²) < 4.78 is 6.36. The fourth-order valence-electron chi connectivity index (χ4n) is 4.41. The van der Waals surface area contributed by atoms with Crippen LogP contribution < -0.4 is 11.1 Å². The van der Waals surface area contributed by atoms with Gasteiger partial charge in [-0.2, -0.15) is 0 Å². The predicted octanol–water partition coefficient (Wildman–Crippen LogP) is 8.65. The second-order valence-electron chi connectivity index (χ2n) is 9.29. The summed E-state index contributed by atoms with van der Waals surface area (Å²) in [5.74, 6) is 0.763. The number of carbonyl (C=O) groups excluding carboxylic acids is 1. The number of fused-ring (bicyclic) bond motifs is 1. The molecule has 0 aliphatic carbocycles. The molecular formula is C30H34ClN3O2. The van der Waals surface area contributed by atoms with Gasteiger partial charge in [0.15, 0.2) is 0 Å². The van der Waals surface area contributed by atoms with E-state index in [-0.39, 0.29) is 6.03 Å². The normalized spacial score (nSPS) is 11.1. The number of nitrogens with one attached hydrogen (secondary N) is 1. The molecule has 4 rings (SSSR count). The van der Waals surface area contributed by atoms with E-state index >= 15 is 0 Å². The Labute approximate surface area is 218 Å². The molecule has 188 valence electrons. The molecule has 0 aliphatic heterocycles. The van der Waals surface area contributed by atoms with Crippen molar-refractivity contribution in [3.8, 4) is 11.1 Å². The molecule has 0 unspecified atom stereocenters. The van der Waals surface area contributed by atoms with Crippen molar-refractivity contribution in [1.82, 2.24) is 4.90 Å². The lowest BCUT2D eigenvalue weighted by Gasteiger charge is -2.23. The first-order chi connectivity index (χ1) is 17.4. The Kier molecular flexibility index (Phi) is 8.55. The van der Waals surface area contributed by atoms with Crippen LogP contribution in [0, 0.1) is 6.92 Å². The van der Waals surface area contributed by atoms with Gasteiger partial charge in [0.05, 0.1) is 6.54 Å². The number of urea groups is 1. The zero-order valence-corrected chi connectivity index (χ0v) is 21.8. The molecule has 1 heterocycles. The topological polar surface area (TPSA) is 71.5 Å². The van der Waals surface area contributed by atoms with Gasteiger partial charge in [0.1, 0.15) is 11.3 Å². The highest BCUT2D eigenvalue weighted by Crippen LogP contribution is 2.37. The molecule has 0 atom stereocenters. The number of halogens is 1. The molecule has 2 amide bonds. The number of anilines is 2. The maximum atomic E-state index is 13.4. The predicted molar refractivity (Wildman–Crippen MR) is 150 cm³/mol. The summed E-state index contributed by atoms with van der Waals surface area (Å²) in [7, 11) is 0. The summed E-state index contributed by atoms with van der Waals surface area (Å²) in [6.07, 6.45) is 5.59. The molecule has 3 aromatic carbocycles. The molecule has 1 aromatic heterocycles. The van der Waals surface area contributed by atoms with Gasteiger partial charge in [-0.3, -0.25) is 0 Å². The van der Waals surface area contributed by atoms with Crippen molar-refractivity contribution in [3.05, 3.63) is 83.1 Å². The largest absolute Gasteiger partial charge is 0.459 e. The Morgan fingerprint density at radius 1 is 0.972 bits per heavy atom. The van der Waals surface area contributed by atoms with Gasteiger partial charge in [0.2, 0.25) is 0 Å². The van der Waals surface area contributed by atoms with Gasteiger partial charge in [-0.1, -0.05) is 68.0 Å². The quantitative estimate of drug-likeness (QED) is 0.168. The Morgan fingerprint density at radius 2 is 1.69 bits per heavy atom. The maximum Gasteiger partial charge on any atom is 0.322 e. The number of nitrogens with two attached hydrogens (primary N) is 1. The first kappa shape index (κ1) is 25.6. The molecule has 0 spiro atoms. The number of carbonyl (C=O) groups is 1. The summed E-state index contributed by atoms with van der Waals surface area (Å²) in [5, 5.41) is 4.74. The minimum Gasteiger partial charge on any atom is -0.459 e. The molecule has 4 aromatic rings. The van der Waals surface area contributed by atoms with Gasteiger partial charge in [0.25, 0.3) is 0 Å². The lowest BCUT2D eigenvalue weighted by atomic mass is 10.0. The Bertz CT molecular complexity index is 1300. The Balaban J connectivity index is 1.65. The lowest BCUT2D eigenvalue weighted by molar-refractivity contribution is 0.203. The van der Waals surface area contributed by atoms with E-state index in [2.05, 4.69) is 25.2 Å². The van der Waals surface area contributed by atoms with Crippen LogP contribution >= 0.6 is 11.6 Å². The van der Waals surface area contributed by atoms with Crippen LogP contribution in [0.1, 0.15) is 50.4 Å². The highest BCUT2D eigenvalue weighted by Gasteiger charge is 2.22. The van der Waals surface area contributed by atoms with Gasteiger partial charge in [0, 0.05) is 33.9 Å². The third-order valence-corrected chi connectivity index (χ3v) is 6.62. The van der Waals surface area contributed by atoms with E-state index in [9.17, 15) is 4.79 Å². The molecule has 0 aliphatic rings. The van der Waals surface area contributed by atoms with Crippen molar-refractivity contribution in [3.63, 3.8) is 0 Å². The van der Waals surface area contributed by atoms with E-state index in [4.69, 9.17) is 21.8 Å². The number of furan rings is 1. The minimum absolute atomic E-state index is 0.158. The van der Waals surface area contributed by atoms with Gasteiger partial charge >= 0.3 is 6.03 Å². The second-order valence-corrected chi connectivity index (χ2v) is 9.73. The Morgan fingerprint density at radius 3 is 2.42 bits per heavy atom. The van der Waals surface area contributed by atoms with E-state index in [0.29, 0.717) is 29.5 Å². The summed E-state index contributed by atoms with van der Waals surface area (Å²) in [4.78, 5) is 15.2. The average Bonchev–Trinajstić information content (AvgIpc) is 3.22. The van der Waals surface area contributed by atoms with Gasteiger partial charge in [-0.05, 0) is 67.4 Å². The molecule has 0 bridgehead atoms. The molecule has 5 nitrogen and oxygen atoms in total. The highest BCUT2D eigenvalue weighted by atomic mass is 35.5. The number of aryl methyl sites for hydroxylation is 1. The van der Waals surface area contributed by atoms with Crippen molar-refractivity contribution in [2.45, 2.75) is 52.5 Å². The standard InChI is InChI=1S/C30H34ClN3O2/c1-3-4-5-6-7-18-34(30(35)33-25-15-13-24(32)14-16-25)20-28-29(22-9-11-23(31)12-10-22)26-19-21(2)8-17-27(26)36-28/h8-17,19H,3-7,18,20,32H2,1-2H3,(H,33,35). The van der Waals surface area contributed by atoms with Gasteiger partial charge in [-0.25, -0.2) is 4.79 Å². The van der Waals surface area contributed by atoms with Gasteiger partial charge < -0.3 is 20.4 Å². The van der Waals surface area contributed by atoms with Crippen LogP contribution in [-0.2, 0) is 6.54 Å². The third kappa shape index (κ3) is 6.41. The number of nitrogens with zero attached hydrogens (tertiary/aromatic N) is 1. The fourth-order valence-corrected chi connectivity index (χ4v) is 4.53. The number of benzene rings is 3. The first-order valence-electron chi connectivity index (χ1n) is 12.6. The SMILES string of the molecule is CCCCCCCN(Cc1oc2ccc(C)cc2c1-c1ccc(Cl)cc1)C(=O)Nc1ccc(N)cc1. The summed E-state index contributed by atoms with van der Waals surface area (Å²) in [6.45, 7) is 5.27. The zero-order valence-electron chi connectivity index (χ0n) is 21.0. The van der Waals surface area contributed by atoms with Crippen molar-refractivity contribution >= 4 is 40.0 Å². The van der Waals surface area contributed by atoms with E-state index < -0.39 is 0 Å². The molecule has 0 fully saturated rings. The zero-order chi connectivity index (χ0) is 25.5. The Hall–Kier alpha value is -3.44. The number of unbranched alkanes of at least 4 members (excludes halogenated alkanes) is 4. The van der Waals surface area contributed by atoms with Crippen molar-refractivity contribution in [2.24, 2.45) is 0 Å². The first-order valence-corrected chi connectivity index (χ1v) is 13.0. The van der Waals surface area contributed by atoms with Crippen molar-refractivity contribution < 1.29 is 9.21 Å². The number of amides is 2. The summed E-state index contributed by atoms with van der Waals surface area (Å²) >= 11 is 6.17.